The molecule has 0 amide bonds. The van der Waals surface area contributed by atoms with Gasteiger partial charge in [0, 0.05) is 6.54 Å². The smallest absolute Gasteiger partial charge is 0.303 e. The lowest BCUT2D eigenvalue weighted by Crippen LogP contribution is -2.41. The summed E-state index contributed by atoms with van der Waals surface area (Å²) in [6.45, 7) is 6.30. The van der Waals surface area contributed by atoms with Crippen molar-refractivity contribution in [1.82, 2.24) is 4.90 Å². The van der Waals surface area contributed by atoms with Gasteiger partial charge in [0.05, 0.1) is 5.25 Å². The van der Waals surface area contributed by atoms with E-state index in [-0.39, 0.29) is 5.92 Å². The molecule has 1 saturated heterocycles. The Morgan fingerprint density at radius 3 is 2.73 bits per heavy atom. The molecule has 0 aromatic heterocycles. The molecule has 5 heteroatoms. The summed E-state index contributed by atoms with van der Waals surface area (Å²) in [6, 6.07) is 0. The van der Waals surface area contributed by atoms with E-state index in [0.29, 0.717) is 0 Å². The van der Waals surface area contributed by atoms with Gasteiger partial charge in [0.15, 0.2) is 0 Å². The van der Waals surface area contributed by atoms with Crippen molar-refractivity contribution in [3.63, 3.8) is 0 Å². The van der Waals surface area contributed by atoms with Crippen molar-refractivity contribution in [1.29, 1.82) is 0 Å². The molecule has 0 aliphatic carbocycles. The highest BCUT2D eigenvalue weighted by molar-refractivity contribution is 7.87. The second kappa shape index (κ2) is 5.25. The number of hydrogen-bond acceptors (Lipinski definition) is 3. The average molecular weight is 237 g/mol. The Kier molecular flexibility index (Phi) is 4.52. The van der Waals surface area contributed by atoms with Crippen LogP contribution in [0.2, 0.25) is 0 Å². The van der Waals surface area contributed by atoms with Gasteiger partial charge < -0.3 is 4.90 Å². The Labute approximate surface area is 91.9 Å². The normalized spacial score (nSPS) is 26.5. The Bertz CT molecular complexity index is 290. The van der Waals surface area contributed by atoms with Gasteiger partial charge in [-0.15, -0.1) is 3.89 Å². The number of rotatable bonds is 4. The van der Waals surface area contributed by atoms with Gasteiger partial charge in [-0.3, -0.25) is 0 Å². The standard InChI is InChI=1S/C10H20FNO2S/c1-3-6-12-7-4-5-10(8-12)9(2)15(11,13)14/h9-10H,3-8H2,1-2H3. The molecule has 1 aliphatic rings. The van der Waals surface area contributed by atoms with E-state index in [1.54, 1.807) is 0 Å². The van der Waals surface area contributed by atoms with Crippen LogP contribution in [0.4, 0.5) is 3.89 Å². The molecule has 0 aromatic rings. The number of nitrogens with zero attached hydrogens (tertiary/aromatic N) is 1. The predicted molar refractivity (Wildman–Crippen MR) is 58.9 cm³/mol. The lowest BCUT2D eigenvalue weighted by atomic mass is 9.95. The molecule has 1 rings (SSSR count). The molecule has 1 fully saturated rings. The monoisotopic (exact) mass is 237 g/mol. The third-order valence-corrected chi connectivity index (χ3v) is 4.46. The van der Waals surface area contributed by atoms with Gasteiger partial charge in [0.1, 0.15) is 0 Å². The third-order valence-electron chi connectivity index (χ3n) is 3.19. The summed E-state index contributed by atoms with van der Waals surface area (Å²) in [4.78, 5) is 2.23. The van der Waals surface area contributed by atoms with Crippen molar-refractivity contribution in [3.05, 3.63) is 0 Å². The van der Waals surface area contributed by atoms with Crippen molar-refractivity contribution in [2.24, 2.45) is 5.92 Å². The van der Waals surface area contributed by atoms with Crippen molar-refractivity contribution in [3.8, 4) is 0 Å². The molecule has 0 saturated carbocycles. The van der Waals surface area contributed by atoms with Crippen molar-refractivity contribution >= 4 is 10.2 Å². The van der Waals surface area contributed by atoms with Gasteiger partial charge in [-0.05, 0) is 45.2 Å². The SMILES string of the molecule is CCCN1CCCC(C(C)S(=O)(=O)F)C1. The zero-order valence-electron chi connectivity index (χ0n) is 9.45. The Hall–Kier alpha value is -0.160. The lowest BCUT2D eigenvalue weighted by molar-refractivity contribution is 0.172. The van der Waals surface area contributed by atoms with E-state index in [1.807, 2.05) is 0 Å². The van der Waals surface area contributed by atoms with E-state index in [0.717, 1.165) is 38.9 Å². The van der Waals surface area contributed by atoms with Gasteiger partial charge in [-0.25, -0.2) is 0 Å². The molecule has 2 unspecified atom stereocenters. The lowest BCUT2D eigenvalue weighted by Gasteiger charge is -2.34. The van der Waals surface area contributed by atoms with Crippen LogP contribution >= 0.6 is 0 Å². The molecule has 0 N–H and O–H groups in total. The fraction of sp³-hybridized carbons (Fsp3) is 1.00. The van der Waals surface area contributed by atoms with E-state index in [4.69, 9.17) is 0 Å². The molecule has 2 atom stereocenters. The van der Waals surface area contributed by atoms with Gasteiger partial charge in [0.25, 0.3) is 0 Å². The second-order valence-corrected chi connectivity index (χ2v) is 6.08. The van der Waals surface area contributed by atoms with Gasteiger partial charge in [0.2, 0.25) is 0 Å². The summed E-state index contributed by atoms with van der Waals surface area (Å²) < 4.78 is 34.5. The van der Waals surface area contributed by atoms with Crippen LogP contribution in [0.5, 0.6) is 0 Å². The van der Waals surface area contributed by atoms with Crippen LogP contribution in [0.3, 0.4) is 0 Å². The molecule has 0 radical (unpaired) electrons. The number of likely N-dealkylation sites (tertiary alicyclic amines) is 1. The average Bonchev–Trinajstić information content (AvgIpc) is 2.16. The van der Waals surface area contributed by atoms with E-state index in [1.165, 1.54) is 6.92 Å². The van der Waals surface area contributed by atoms with Gasteiger partial charge in [-0.1, -0.05) is 6.92 Å². The summed E-state index contributed by atoms with van der Waals surface area (Å²) in [5.41, 5.74) is 0. The second-order valence-electron chi connectivity index (χ2n) is 4.38. The molecule has 90 valence electrons. The summed E-state index contributed by atoms with van der Waals surface area (Å²) >= 11 is 0. The van der Waals surface area contributed by atoms with Gasteiger partial charge >= 0.3 is 10.2 Å². The maximum atomic E-state index is 12.8. The fourth-order valence-electron chi connectivity index (χ4n) is 2.22. The summed E-state index contributed by atoms with van der Waals surface area (Å²) in [5, 5.41) is -0.850. The minimum absolute atomic E-state index is 0.0414. The van der Waals surface area contributed by atoms with Crippen LogP contribution < -0.4 is 0 Å². The first-order valence-corrected chi connectivity index (χ1v) is 7.05. The Morgan fingerprint density at radius 2 is 2.20 bits per heavy atom. The first-order chi connectivity index (χ1) is 6.95. The molecular weight excluding hydrogens is 217 g/mol. The van der Waals surface area contributed by atoms with E-state index >= 15 is 0 Å². The molecule has 0 bridgehead atoms. The molecule has 0 spiro atoms. The van der Waals surface area contributed by atoms with E-state index in [9.17, 15) is 12.3 Å². The molecular formula is C10H20FNO2S. The molecule has 1 heterocycles. The van der Waals surface area contributed by atoms with E-state index in [2.05, 4.69) is 11.8 Å². The first-order valence-electron chi connectivity index (χ1n) is 5.61. The first kappa shape index (κ1) is 12.9. The highest BCUT2D eigenvalue weighted by Crippen LogP contribution is 2.24. The van der Waals surface area contributed by atoms with Crippen LogP contribution in [0.1, 0.15) is 33.1 Å². The molecule has 1 aliphatic heterocycles. The van der Waals surface area contributed by atoms with Crippen LogP contribution in [0.15, 0.2) is 0 Å². The number of piperidine rings is 1. The zero-order chi connectivity index (χ0) is 11.5. The maximum absolute atomic E-state index is 12.8. The summed E-state index contributed by atoms with van der Waals surface area (Å²) in [5.74, 6) is -0.0414. The topological polar surface area (TPSA) is 37.4 Å². The highest BCUT2D eigenvalue weighted by Gasteiger charge is 2.32. The van der Waals surface area contributed by atoms with E-state index < -0.39 is 15.5 Å². The van der Waals surface area contributed by atoms with Crippen LogP contribution in [-0.4, -0.2) is 38.2 Å². The Morgan fingerprint density at radius 1 is 1.53 bits per heavy atom. The molecule has 0 aromatic carbocycles. The fourth-order valence-corrected chi connectivity index (χ4v) is 2.91. The zero-order valence-corrected chi connectivity index (χ0v) is 10.3. The minimum Gasteiger partial charge on any atom is -0.303 e. The Balaban J connectivity index is 2.56. The van der Waals surface area contributed by atoms with Crippen molar-refractivity contribution in [2.45, 2.75) is 38.4 Å². The van der Waals surface area contributed by atoms with Crippen molar-refractivity contribution in [2.75, 3.05) is 19.6 Å². The summed E-state index contributed by atoms with van der Waals surface area (Å²) in [6.07, 6.45) is 2.86. The molecule has 3 nitrogen and oxygen atoms in total. The summed E-state index contributed by atoms with van der Waals surface area (Å²) in [7, 11) is -4.37. The number of hydrogen-bond donors (Lipinski definition) is 0. The highest BCUT2D eigenvalue weighted by atomic mass is 32.3. The third kappa shape index (κ3) is 3.72. The number of halogens is 1. The molecule has 15 heavy (non-hydrogen) atoms. The van der Waals surface area contributed by atoms with Crippen LogP contribution in [0, 0.1) is 5.92 Å². The maximum Gasteiger partial charge on any atom is 0.305 e. The predicted octanol–water partition coefficient (Wildman–Crippen LogP) is 1.80. The van der Waals surface area contributed by atoms with Gasteiger partial charge in [-0.2, -0.15) is 8.42 Å². The van der Waals surface area contributed by atoms with Crippen LogP contribution in [-0.2, 0) is 10.2 Å². The largest absolute Gasteiger partial charge is 0.305 e. The van der Waals surface area contributed by atoms with Crippen LogP contribution in [0.25, 0.3) is 0 Å². The minimum atomic E-state index is -4.37. The van der Waals surface area contributed by atoms with Crippen molar-refractivity contribution < 1.29 is 12.3 Å². The quantitative estimate of drug-likeness (QED) is 0.700.